The molecule has 2 fully saturated rings. The second-order valence-electron chi connectivity index (χ2n) is 5.47. The van der Waals surface area contributed by atoms with Crippen molar-refractivity contribution in [2.45, 2.75) is 36.6 Å². The molecule has 5 heteroatoms. The fourth-order valence-electron chi connectivity index (χ4n) is 3.46. The average molecular weight is 266 g/mol. The van der Waals surface area contributed by atoms with Crippen molar-refractivity contribution >= 4 is 15.7 Å². The number of hydrogen-bond donors (Lipinski definition) is 2. The number of primary sulfonamides is 1. The first-order valence-corrected chi connectivity index (χ1v) is 7.97. The van der Waals surface area contributed by atoms with Gasteiger partial charge in [0, 0.05) is 6.04 Å². The molecular weight excluding hydrogens is 248 g/mol. The second kappa shape index (κ2) is 4.24. The summed E-state index contributed by atoms with van der Waals surface area (Å²) in [5.41, 5.74) is 0.651. The van der Waals surface area contributed by atoms with E-state index in [1.807, 2.05) is 6.07 Å². The molecule has 3 rings (SSSR count). The third-order valence-corrected chi connectivity index (χ3v) is 5.24. The number of rotatable bonds is 3. The van der Waals surface area contributed by atoms with E-state index in [0.717, 1.165) is 12.3 Å². The largest absolute Gasteiger partial charge is 0.381 e. The van der Waals surface area contributed by atoms with E-state index in [4.69, 9.17) is 5.14 Å². The highest BCUT2D eigenvalue weighted by Gasteiger charge is 2.39. The van der Waals surface area contributed by atoms with Gasteiger partial charge in [0.25, 0.3) is 0 Å². The number of nitrogens with one attached hydrogen (secondary N) is 1. The van der Waals surface area contributed by atoms with Crippen LogP contribution in [0, 0.1) is 11.8 Å². The highest BCUT2D eigenvalue weighted by Crippen LogP contribution is 2.45. The number of para-hydroxylation sites is 1. The molecular formula is C13H18N2O2S. The quantitative estimate of drug-likeness (QED) is 0.878. The average Bonchev–Trinajstić information content (AvgIpc) is 2.90. The number of nitrogens with two attached hydrogens (primary N) is 1. The van der Waals surface area contributed by atoms with Crippen molar-refractivity contribution in [3.63, 3.8) is 0 Å². The van der Waals surface area contributed by atoms with Gasteiger partial charge in [0.1, 0.15) is 4.90 Å². The molecule has 18 heavy (non-hydrogen) atoms. The molecule has 0 aliphatic heterocycles. The molecule has 2 aliphatic rings. The van der Waals surface area contributed by atoms with Crippen LogP contribution in [0.5, 0.6) is 0 Å². The lowest BCUT2D eigenvalue weighted by atomic mass is 9.95. The van der Waals surface area contributed by atoms with E-state index in [9.17, 15) is 8.42 Å². The van der Waals surface area contributed by atoms with E-state index in [2.05, 4.69) is 5.32 Å². The highest BCUT2D eigenvalue weighted by atomic mass is 32.2. The Morgan fingerprint density at radius 3 is 2.56 bits per heavy atom. The van der Waals surface area contributed by atoms with Gasteiger partial charge in [-0.3, -0.25) is 0 Å². The number of sulfonamides is 1. The van der Waals surface area contributed by atoms with Crippen LogP contribution in [-0.2, 0) is 10.0 Å². The first kappa shape index (κ1) is 12.0. The molecule has 98 valence electrons. The highest BCUT2D eigenvalue weighted by molar-refractivity contribution is 7.89. The third kappa shape index (κ3) is 2.12. The summed E-state index contributed by atoms with van der Waals surface area (Å²) in [5, 5.41) is 8.63. The Hall–Kier alpha value is -1.07. The van der Waals surface area contributed by atoms with E-state index in [1.165, 1.54) is 19.3 Å². The first-order valence-electron chi connectivity index (χ1n) is 6.42. The fraction of sp³-hybridized carbons (Fsp3) is 0.538. The van der Waals surface area contributed by atoms with E-state index >= 15 is 0 Å². The Bertz CT molecular complexity index is 556. The molecule has 1 aromatic carbocycles. The topological polar surface area (TPSA) is 72.2 Å². The smallest absolute Gasteiger partial charge is 0.240 e. The van der Waals surface area contributed by atoms with Crippen molar-refractivity contribution in [3.8, 4) is 0 Å². The van der Waals surface area contributed by atoms with Gasteiger partial charge in [-0.2, -0.15) is 0 Å². The van der Waals surface area contributed by atoms with Crippen LogP contribution in [0.4, 0.5) is 5.69 Å². The molecule has 3 N–H and O–H groups in total. The summed E-state index contributed by atoms with van der Waals surface area (Å²) in [7, 11) is -3.65. The molecule has 1 aromatic rings. The van der Waals surface area contributed by atoms with Gasteiger partial charge in [-0.15, -0.1) is 0 Å². The van der Waals surface area contributed by atoms with E-state index in [0.29, 0.717) is 17.6 Å². The molecule has 0 spiro atoms. The van der Waals surface area contributed by atoms with E-state index in [-0.39, 0.29) is 4.90 Å². The normalized spacial score (nSPS) is 30.6. The van der Waals surface area contributed by atoms with Crippen molar-refractivity contribution in [2.75, 3.05) is 5.32 Å². The van der Waals surface area contributed by atoms with Gasteiger partial charge in [-0.05, 0) is 43.2 Å². The lowest BCUT2D eigenvalue weighted by molar-refractivity contribution is 0.439. The van der Waals surface area contributed by atoms with Crippen LogP contribution < -0.4 is 10.5 Å². The van der Waals surface area contributed by atoms with Crippen molar-refractivity contribution in [1.29, 1.82) is 0 Å². The van der Waals surface area contributed by atoms with Crippen molar-refractivity contribution in [2.24, 2.45) is 17.0 Å². The number of fused-ring (bicyclic) bond motifs is 2. The van der Waals surface area contributed by atoms with Gasteiger partial charge < -0.3 is 5.32 Å². The SMILES string of the molecule is NS(=O)(=O)c1ccccc1NC1CC2CCC1C2. The summed E-state index contributed by atoms with van der Waals surface area (Å²) in [6, 6.07) is 7.30. The third-order valence-electron chi connectivity index (χ3n) is 4.27. The van der Waals surface area contributed by atoms with Crippen LogP contribution in [0.15, 0.2) is 29.2 Å². The molecule has 2 bridgehead atoms. The lowest BCUT2D eigenvalue weighted by Gasteiger charge is -2.24. The minimum atomic E-state index is -3.65. The molecule has 0 aromatic heterocycles. The standard InChI is InChI=1S/C13H18N2O2S/c14-18(16,17)13-4-2-1-3-11(13)15-12-8-9-5-6-10(12)7-9/h1-4,9-10,12,15H,5-8H2,(H2,14,16,17). The fourth-order valence-corrected chi connectivity index (χ4v) is 4.16. The summed E-state index contributed by atoms with van der Waals surface area (Å²) in [5.74, 6) is 1.53. The Labute approximate surface area is 108 Å². The zero-order valence-corrected chi connectivity index (χ0v) is 11.0. The number of benzene rings is 1. The maximum atomic E-state index is 11.5. The van der Waals surface area contributed by atoms with Gasteiger partial charge in [0.2, 0.25) is 10.0 Å². The van der Waals surface area contributed by atoms with E-state index in [1.54, 1.807) is 18.2 Å². The predicted octanol–water partition coefficient (Wildman–Crippen LogP) is 1.93. The molecule has 0 saturated heterocycles. The van der Waals surface area contributed by atoms with Crippen LogP contribution in [0.3, 0.4) is 0 Å². The van der Waals surface area contributed by atoms with Gasteiger partial charge in [0.15, 0.2) is 0 Å². The monoisotopic (exact) mass is 266 g/mol. The van der Waals surface area contributed by atoms with Crippen molar-refractivity contribution < 1.29 is 8.42 Å². The maximum Gasteiger partial charge on any atom is 0.240 e. The van der Waals surface area contributed by atoms with Gasteiger partial charge in [-0.25, -0.2) is 13.6 Å². The van der Waals surface area contributed by atoms with Crippen LogP contribution in [0.1, 0.15) is 25.7 Å². The Morgan fingerprint density at radius 1 is 1.17 bits per heavy atom. The van der Waals surface area contributed by atoms with Crippen LogP contribution in [0.25, 0.3) is 0 Å². The minimum Gasteiger partial charge on any atom is -0.381 e. The molecule has 3 unspecified atom stereocenters. The van der Waals surface area contributed by atoms with Crippen molar-refractivity contribution in [3.05, 3.63) is 24.3 Å². The molecule has 0 heterocycles. The summed E-state index contributed by atoms with van der Waals surface area (Å²) >= 11 is 0. The molecule has 0 radical (unpaired) electrons. The Morgan fingerprint density at radius 2 is 1.94 bits per heavy atom. The van der Waals surface area contributed by atoms with Crippen LogP contribution in [0.2, 0.25) is 0 Å². The van der Waals surface area contributed by atoms with E-state index < -0.39 is 10.0 Å². The minimum absolute atomic E-state index is 0.202. The van der Waals surface area contributed by atoms with Gasteiger partial charge in [-0.1, -0.05) is 18.6 Å². The summed E-state index contributed by atoms with van der Waals surface area (Å²) in [6.45, 7) is 0. The van der Waals surface area contributed by atoms with Crippen LogP contribution >= 0.6 is 0 Å². The predicted molar refractivity (Wildman–Crippen MR) is 70.7 cm³/mol. The van der Waals surface area contributed by atoms with Crippen LogP contribution in [-0.4, -0.2) is 14.5 Å². The summed E-state index contributed by atoms with van der Waals surface area (Å²) in [4.78, 5) is 0.202. The number of hydrogen-bond acceptors (Lipinski definition) is 3. The lowest BCUT2D eigenvalue weighted by Crippen LogP contribution is -2.27. The number of anilines is 1. The summed E-state index contributed by atoms with van der Waals surface area (Å²) < 4.78 is 23.1. The molecule has 2 aliphatic carbocycles. The van der Waals surface area contributed by atoms with Gasteiger partial charge in [0.05, 0.1) is 5.69 Å². The molecule has 3 atom stereocenters. The zero-order chi connectivity index (χ0) is 12.8. The second-order valence-corrected chi connectivity index (χ2v) is 7.00. The maximum absolute atomic E-state index is 11.5. The summed E-state index contributed by atoms with van der Waals surface area (Å²) in [6.07, 6.45) is 5.04. The Balaban J connectivity index is 1.85. The molecule has 2 saturated carbocycles. The molecule has 0 amide bonds. The van der Waals surface area contributed by atoms with Crippen molar-refractivity contribution in [1.82, 2.24) is 0 Å². The Kier molecular flexibility index (Phi) is 2.83. The van der Waals surface area contributed by atoms with Gasteiger partial charge >= 0.3 is 0 Å². The zero-order valence-electron chi connectivity index (χ0n) is 10.2. The first-order chi connectivity index (χ1) is 8.54. The molecule has 4 nitrogen and oxygen atoms in total.